The number of benzene rings is 1. The molecule has 0 aliphatic heterocycles. The molecule has 0 spiro atoms. The minimum Gasteiger partial charge on any atom is -0.493 e. The zero-order chi connectivity index (χ0) is 13.3. The maximum Gasteiger partial charge on any atom is 0.177 e. The SMILES string of the molecule is COc1c(C2(CN)CC2)cc(F)c(SC)c1OC. The molecule has 1 aromatic rings. The number of halogens is 1. The van der Waals surface area contributed by atoms with Crippen molar-refractivity contribution in [3.05, 3.63) is 17.4 Å². The second-order valence-corrected chi connectivity index (χ2v) is 5.31. The van der Waals surface area contributed by atoms with Crippen molar-refractivity contribution in [1.82, 2.24) is 0 Å². The lowest BCUT2D eigenvalue weighted by atomic mass is 9.94. The second-order valence-electron chi connectivity index (χ2n) is 4.49. The van der Waals surface area contributed by atoms with Gasteiger partial charge in [-0.15, -0.1) is 11.8 Å². The van der Waals surface area contributed by atoms with E-state index in [1.807, 2.05) is 6.26 Å². The van der Waals surface area contributed by atoms with E-state index in [2.05, 4.69) is 0 Å². The average molecular weight is 271 g/mol. The predicted octanol–water partition coefficient (Wildman–Crippen LogP) is 2.56. The molecule has 0 heterocycles. The Bertz CT molecular complexity index is 461. The van der Waals surface area contributed by atoms with Gasteiger partial charge in [-0.25, -0.2) is 4.39 Å². The molecule has 0 aromatic heterocycles. The van der Waals surface area contributed by atoms with Crippen LogP contribution in [0.1, 0.15) is 18.4 Å². The van der Waals surface area contributed by atoms with Crippen LogP contribution in [0.5, 0.6) is 11.5 Å². The van der Waals surface area contributed by atoms with Gasteiger partial charge in [0.2, 0.25) is 0 Å². The number of methoxy groups -OCH3 is 2. The molecule has 1 fully saturated rings. The number of hydrogen-bond acceptors (Lipinski definition) is 4. The molecule has 1 saturated carbocycles. The van der Waals surface area contributed by atoms with Crippen molar-refractivity contribution >= 4 is 11.8 Å². The first-order chi connectivity index (χ1) is 8.63. The van der Waals surface area contributed by atoms with Crippen molar-refractivity contribution in [2.24, 2.45) is 5.73 Å². The largest absolute Gasteiger partial charge is 0.493 e. The quantitative estimate of drug-likeness (QED) is 0.836. The van der Waals surface area contributed by atoms with Crippen LogP contribution in [0.3, 0.4) is 0 Å². The van der Waals surface area contributed by atoms with E-state index in [-0.39, 0.29) is 11.2 Å². The Kier molecular flexibility index (Phi) is 3.73. The first kappa shape index (κ1) is 13.5. The van der Waals surface area contributed by atoms with Crippen LogP contribution in [0.4, 0.5) is 4.39 Å². The zero-order valence-electron chi connectivity index (χ0n) is 10.9. The molecule has 0 radical (unpaired) electrons. The highest BCUT2D eigenvalue weighted by molar-refractivity contribution is 7.98. The third-order valence-electron chi connectivity index (χ3n) is 3.57. The summed E-state index contributed by atoms with van der Waals surface area (Å²) in [6.45, 7) is 0.505. The van der Waals surface area contributed by atoms with E-state index in [9.17, 15) is 4.39 Å². The zero-order valence-corrected chi connectivity index (χ0v) is 11.7. The summed E-state index contributed by atoms with van der Waals surface area (Å²) in [6.07, 6.45) is 3.76. The third-order valence-corrected chi connectivity index (χ3v) is 4.36. The molecule has 1 aromatic carbocycles. The fraction of sp³-hybridized carbons (Fsp3) is 0.538. The van der Waals surface area contributed by atoms with Gasteiger partial charge in [0.15, 0.2) is 11.5 Å². The molecular weight excluding hydrogens is 253 g/mol. The number of thioether (sulfide) groups is 1. The minimum absolute atomic E-state index is 0.129. The Morgan fingerprint density at radius 3 is 2.33 bits per heavy atom. The summed E-state index contributed by atoms with van der Waals surface area (Å²) < 4.78 is 24.9. The summed E-state index contributed by atoms with van der Waals surface area (Å²) in [5.74, 6) is 0.820. The molecule has 1 aliphatic rings. The highest BCUT2D eigenvalue weighted by atomic mass is 32.2. The van der Waals surface area contributed by atoms with Gasteiger partial charge in [0, 0.05) is 17.5 Å². The molecule has 1 aliphatic carbocycles. The summed E-state index contributed by atoms with van der Waals surface area (Å²) in [5, 5.41) is 0. The highest BCUT2D eigenvalue weighted by Gasteiger charge is 2.46. The molecule has 5 heteroatoms. The monoisotopic (exact) mass is 271 g/mol. The molecule has 3 nitrogen and oxygen atoms in total. The maximum absolute atomic E-state index is 14.1. The molecule has 0 saturated heterocycles. The van der Waals surface area contributed by atoms with Crippen LogP contribution >= 0.6 is 11.8 Å². The van der Waals surface area contributed by atoms with Crippen LogP contribution in [0, 0.1) is 5.82 Å². The molecule has 2 rings (SSSR count). The van der Waals surface area contributed by atoms with E-state index in [0.717, 1.165) is 18.4 Å². The Morgan fingerprint density at radius 2 is 1.94 bits per heavy atom. The maximum atomic E-state index is 14.1. The van der Waals surface area contributed by atoms with Gasteiger partial charge in [-0.2, -0.15) is 0 Å². The molecule has 0 unspecified atom stereocenters. The van der Waals surface area contributed by atoms with Crippen LogP contribution < -0.4 is 15.2 Å². The Hall–Kier alpha value is -0.940. The lowest BCUT2D eigenvalue weighted by Crippen LogP contribution is -2.21. The Balaban J connectivity index is 2.64. The lowest BCUT2D eigenvalue weighted by molar-refractivity contribution is 0.336. The standard InChI is InChI=1S/C13H18FNO2S/c1-16-10-8(13(7-15)4-5-13)6-9(14)12(18-3)11(10)17-2/h6H,4-5,7,15H2,1-3H3. The number of rotatable bonds is 5. The van der Waals surface area contributed by atoms with E-state index in [0.29, 0.717) is 22.9 Å². The molecule has 2 N–H and O–H groups in total. The predicted molar refractivity (Wildman–Crippen MR) is 71.3 cm³/mol. The summed E-state index contributed by atoms with van der Waals surface area (Å²) >= 11 is 1.31. The average Bonchev–Trinajstić information content (AvgIpc) is 3.18. The Labute approximate surface area is 111 Å². The van der Waals surface area contributed by atoms with Crippen molar-refractivity contribution in [2.45, 2.75) is 23.2 Å². The first-order valence-electron chi connectivity index (χ1n) is 5.82. The smallest absolute Gasteiger partial charge is 0.177 e. The van der Waals surface area contributed by atoms with Crippen LogP contribution in [-0.4, -0.2) is 27.0 Å². The molecule has 100 valence electrons. The van der Waals surface area contributed by atoms with Gasteiger partial charge in [0.25, 0.3) is 0 Å². The first-order valence-corrected chi connectivity index (χ1v) is 7.05. The van der Waals surface area contributed by atoms with Gasteiger partial charge in [0.1, 0.15) is 5.82 Å². The molecule has 18 heavy (non-hydrogen) atoms. The number of nitrogens with two attached hydrogens (primary N) is 1. The van der Waals surface area contributed by atoms with E-state index in [1.165, 1.54) is 18.9 Å². The lowest BCUT2D eigenvalue weighted by Gasteiger charge is -2.21. The summed E-state index contributed by atoms with van der Waals surface area (Å²) in [7, 11) is 3.11. The van der Waals surface area contributed by atoms with Crippen LogP contribution in [0.15, 0.2) is 11.0 Å². The van der Waals surface area contributed by atoms with Gasteiger partial charge in [-0.1, -0.05) is 0 Å². The Morgan fingerprint density at radius 1 is 1.33 bits per heavy atom. The topological polar surface area (TPSA) is 44.5 Å². The fourth-order valence-corrected chi connectivity index (χ4v) is 2.91. The van der Waals surface area contributed by atoms with Crippen LogP contribution in [0.2, 0.25) is 0 Å². The van der Waals surface area contributed by atoms with Gasteiger partial charge in [-0.3, -0.25) is 0 Å². The molecular formula is C13H18FNO2S. The van der Waals surface area contributed by atoms with Gasteiger partial charge >= 0.3 is 0 Å². The third kappa shape index (κ3) is 1.95. The van der Waals surface area contributed by atoms with Crippen LogP contribution in [0.25, 0.3) is 0 Å². The minimum atomic E-state index is -0.269. The van der Waals surface area contributed by atoms with Crippen molar-refractivity contribution in [3.63, 3.8) is 0 Å². The number of ether oxygens (including phenoxy) is 2. The van der Waals surface area contributed by atoms with Gasteiger partial charge in [0.05, 0.1) is 19.1 Å². The van der Waals surface area contributed by atoms with Crippen molar-refractivity contribution < 1.29 is 13.9 Å². The van der Waals surface area contributed by atoms with Crippen molar-refractivity contribution in [2.75, 3.05) is 27.0 Å². The molecule has 0 atom stereocenters. The molecule has 0 amide bonds. The summed E-state index contributed by atoms with van der Waals surface area (Å²) in [5.41, 5.74) is 6.52. The normalized spacial score (nSPS) is 16.5. The highest BCUT2D eigenvalue weighted by Crippen LogP contribution is 2.54. The van der Waals surface area contributed by atoms with E-state index in [4.69, 9.17) is 15.2 Å². The molecule has 0 bridgehead atoms. The summed E-state index contributed by atoms with van der Waals surface area (Å²) in [6, 6.07) is 1.55. The number of hydrogen-bond donors (Lipinski definition) is 1. The van der Waals surface area contributed by atoms with E-state index >= 15 is 0 Å². The van der Waals surface area contributed by atoms with E-state index < -0.39 is 0 Å². The summed E-state index contributed by atoms with van der Waals surface area (Å²) in [4.78, 5) is 0.478. The van der Waals surface area contributed by atoms with Gasteiger partial charge < -0.3 is 15.2 Å². The fourth-order valence-electron chi connectivity index (χ4n) is 2.30. The second kappa shape index (κ2) is 4.97. The van der Waals surface area contributed by atoms with Crippen molar-refractivity contribution in [1.29, 1.82) is 0 Å². The van der Waals surface area contributed by atoms with Gasteiger partial charge in [-0.05, 0) is 25.2 Å². The van der Waals surface area contributed by atoms with Crippen LogP contribution in [-0.2, 0) is 5.41 Å². The van der Waals surface area contributed by atoms with E-state index in [1.54, 1.807) is 13.2 Å². The van der Waals surface area contributed by atoms with Crippen molar-refractivity contribution in [3.8, 4) is 11.5 Å².